The Hall–Kier alpha value is -0.460. The smallest absolute Gasteiger partial charge is 0.114 e. The number of unbranched alkanes of at least 4 members (excludes halogenated alkanes) is 14. The zero-order chi connectivity index (χ0) is 22.6. The topological polar surface area (TPSA) is 79.2 Å². The lowest BCUT2D eigenvalue weighted by molar-refractivity contribution is -0.0730. The Morgan fingerprint density at radius 3 is 1.90 bits per heavy atom. The fraction of sp³-hybridized carbons (Fsp3) is 0.923. The molecule has 0 bridgehead atoms. The maximum absolute atomic E-state index is 10.1. The van der Waals surface area contributed by atoms with Gasteiger partial charge in [-0.1, -0.05) is 89.7 Å². The molecular formula is C26H50O5. The fourth-order valence-electron chi connectivity index (χ4n) is 4.14. The molecule has 1 saturated heterocycles. The van der Waals surface area contributed by atoms with Crippen LogP contribution < -0.4 is 0 Å². The predicted molar refractivity (Wildman–Crippen MR) is 127 cm³/mol. The Labute approximate surface area is 191 Å². The molecule has 1 rings (SSSR count). The first-order valence-electron chi connectivity index (χ1n) is 13.1. The van der Waals surface area contributed by atoms with Gasteiger partial charge in [0.2, 0.25) is 0 Å². The van der Waals surface area contributed by atoms with Crippen LogP contribution in [0.5, 0.6) is 0 Å². The zero-order valence-electron chi connectivity index (χ0n) is 20.1. The van der Waals surface area contributed by atoms with Gasteiger partial charge >= 0.3 is 0 Å². The molecule has 31 heavy (non-hydrogen) atoms. The van der Waals surface area contributed by atoms with E-state index in [2.05, 4.69) is 19.1 Å². The lowest BCUT2D eigenvalue weighted by atomic mass is 10.1. The summed E-state index contributed by atoms with van der Waals surface area (Å²) in [6.07, 6.45) is 22.5. The number of ether oxygens (including phenoxy) is 2. The van der Waals surface area contributed by atoms with E-state index in [1.165, 1.54) is 89.9 Å². The summed E-state index contributed by atoms with van der Waals surface area (Å²) < 4.78 is 11.0. The van der Waals surface area contributed by atoms with Crippen LogP contribution in [0.1, 0.15) is 110 Å². The van der Waals surface area contributed by atoms with Gasteiger partial charge in [0.05, 0.1) is 13.2 Å². The van der Waals surface area contributed by atoms with Crippen LogP contribution in [0.15, 0.2) is 12.2 Å². The van der Waals surface area contributed by atoms with Gasteiger partial charge < -0.3 is 24.8 Å². The molecule has 0 radical (unpaired) electrons. The maximum Gasteiger partial charge on any atom is 0.114 e. The molecule has 1 aliphatic rings. The van der Waals surface area contributed by atoms with E-state index in [-0.39, 0.29) is 6.61 Å². The lowest BCUT2D eigenvalue weighted by Crippen LogP contribution is -2.41. The van der Waals surface area contributed by atoms with E-state index < -0.39 is 31.0 Å². The van der Waals surface area contributed by atoms with E-state index in [1.807, 2.05) is 0 Å². The summed E-state index contributed by atoms with van der Waals surface area (Å²) in [6.45, 7) is 2.74. The molecule has 1 fully saturated rings. The largest absolute Gasteiger partial charge is 0.394 e. The summed E-state index contributed by atoms with van der Waals surface area (Å²) in [5, 5.41) is 28.6. The molecule has 184 valence electrons. The normalized spacial score (nSPS) is 22.5. The van der Waals surface area contributed by atoms with Crippen LogP contribution in [-0.2, 0) is 9.47 Å². The summed E-state index contributed by atoms with van der Waals surface area (Å²) in [7, 11) is 0. The van der Waals surface area contributed by atoms with Gasteiger partial charge in [-0.3, -0.25) is 0 Å². The van der Waals surface area contributed by atoms with Gasteiger partial charge in [0.25, 0.3) is 0 Å². The highest BCUT2D eigenvalue weighted by Crippen LogP contribution is 2.20. The molecule has 0 aromatic heterocycles. The van der Waals surface area contributed by atoms with Crippen molar-refractivity contribution in [1.29, 1.82) is 0 Å². The molecular weight excluding hydrogens is 392 g/mol. The number of hydrogen-bond donors (Lipinski definition) is 3. The van der Waals surface area contributed by atoms with Crippen molar-refractivity contribution in [2.75, 3.05) is 19.8 Å². The molecule has 0 aromatic rings. The van der Waals surface area contributed by atoms with Crippen LogP contribution >= 0.6 is 0 Å². The van der Waals surface area contributed by atoms with Crippen LogP contribution in [0, 0.1) is 0 Å². The summed E-state index contributed by atoms with van der Waals surface area (Å²) in [5.74, 6) is 0. The van der Waals surface area contributed by atoms with Crippen molar-refractivity contribution in [1.82, 2.24) is 0 Å². The summed E-state index contributed by atoms with van der Waals surface area (Å²) >= 11 is 0. The first-order valence-corrected chi connectivity index (χ1v) is 13.1. The van der Waals surface area contributed by atoms with E-state index >= 15 is 0 Å². The van der Waals surface area contributed by atoms with Gasteiger partial charge in [-0.05, 0) is 32.1 Å². The van der Waals surface area contributed by atoms with Crippen LogP contribution in [-0.4, -0.2) is 59.6 Å². The first-order chi connectivity index (χ1) is 15.2. The molecule has 4 atom stereocenters. The van der Waals surface area contributed by atoms with Crippen molar-refractivity contribution in [2.24, 2.45) is 0 Å². The Kier molecular flexibility index (Phi) is 18.6. The molecule has 3 N–H and O–H groups in total. The van der Waals surface area contributed by atoms with Crippen LogP contribution in [0.25, 0.3) is 0 Å². The highest BCUT2D eigenvalue weighted by atomic mass is 16.6. The average Bonchev–Trinajstić information content (AvgIpc) is 3.15. The van der Waals surface area contributed by atoms with Crippen molar-refractivity contribution in [3.05, 3.63) is 12.2 Å². The third-order valence-corrected chi connectivity index (χ3v) is 6.22. The van der Waals surface area contributed by atoms with Crippen molar-refractivity contribution in [3.8, 4) is 0 Å². The van der Waals surface area contributed by atoms with Crippen molar-refractivity contribution in [2.45, 2.75) is 134 Å². The second kappa shape index (κ2) is 20.2. The van der Waals surface area contributed by atoms with Crippen molar-refractivity contribution >= 4 is 0 Å². The second-order valence-corrected chi connectivity index (χ2v) is 9.09. The van der Waals surface area contributed by atoms with E-state index in [9.17, 15) is 10.2 Å². The second-order valence-electron chi connectivity index (χ2n) is 9.09. The Morgan fingerprint density at radius 1 is 0.839 bits per heavy atom. The number of hydrogen-bond acceptors (Lipinski definition) is 5. The fourth-order valence-corrected chi connectivity index (χ4v) is 4.14. The molecule has 1 aliphatic heterocycles. The molecule has 0 aliphatic carbocycles. The van der Waals surface area contributed by atoms with Crippen LogP contribution in [0.3, 0.4) is 0 Å². The SMILES string of the molecule is CCCCCCCCCC/C=C/CCCCCCCCO[C@@H]1CO[C@@H]([C@@H](O)CO)[C@H]1O. The van der Waals surface area contributed by atoms with Gasteiger partial charge in [0, 0.05) is 6.61 Å². The number of allylic oxidation sites excluding steroid dienone is 2. The zero-order valence-corrected chi connectivity index (χ0v) is 20.1. The number of aliphatic hydroxyl groups is 3. The van der Waals surface area contributed by atoms with Crippen LogP contribution in [0.4, 0.5) is 0 Å². The number of aliphatic hydroxyl groups excluding tert-OH is 3. The minimum absolute atomic E-state index is 0.273. The van der Waals surface area contributed by atoms with Crippen molar-refractivity contribution in [3.63, 3.8) is 0 Å². The molecule has 0 unspecified atom stereocenters. The van der Waals surface area contributed by atoms with Gasteiger partial charge in [-0.2, -0.15) is 0 Å². The third-order valence-electron chi connectivity index (χ3n) is 6.22. The van der Waals surface area contributed by atoms with E-state index in [0.717, 1.165) is 12.8 Å². The van der Waals surface area contributed by atoms with Gasteiger partial charge in [0.1, 0.15) is 24.4 Å². The highest BCUT2D eigenvalue weighted by Gasteiger charge is 2.40. The van der Waals surface area contributed by atoms with E-state index in [4.69, 9.17) is 14.6 Å². The minimum Gasteiger partial charge on any atom is -0.394 e. The molecule has 5 heteroatoms. The van der Waals surface area contributed by atoms with Gasteiger partial charge in [0.15, 0.2) is 0 Å². The average molecular weight is 443 g/mol. The Bertz CT molecular complexity index is 415. The third kappa shape index (κ3) is 14.3. The monoisotopic (exact) mass is 442 g/mol. The maximum atomic E-state index is 10.1. The van der Waals surface area contributed by atoms with E-state index in [0.29, 0.717) is 6.61 Å². The van der Waals surface area contributed by atoms with E-state index in [1.54, 1.807) is 0 Å². The lowest BCUT2D eigenvalue weighted by Gasteiger charge is -2.20. The van der Waals surface area contributed by atoms with Crippen molar-refractivity contribution < 1.29 is 24.8 Å². The molecule has 0 spiro atoms. The molecule has 1 heterocycles. The summed E-state index contributed by atoms with van der Waals surface area (Å²) in [6, 6.07) is 0. The summed E-state index contributed by atoms with van der Waals surface area (Å²) in [4.78, 5) is 0. The Morgan fingerprint density at radius 2 is 1.35 bits per heavy atom. The first kappa shape index (κ1) is 28.6. The highest BCUT2D eigenvalue weighted by molar-refractivity contribution is 4.88. The van der Waals surface area contributed by atoms with Gasteiger partial charge in [-0.25, -0.2) is 0 Å². The minimum atomic E-state index is -1.05. The molecule has 0 amide bonds. The van der Waals surface area contributed by atoms with Gasteiger partial charge in [-0.15, -0.1) is 0 Å². The van der Waals surface area contributed by atoms with Crippen LogP contribution in [0.2, 0.25) is 0 Å². The Balaban J connectivity index is 1.80. The molecule has 0 saturated carbocycles. The molecule has 5 nitrogen and oxygen atoms in total. The quantitative estimate of drug-likeness (QED) is 0.166. The number of rotatable bonds is 21. The predicted octanol–water partition coefficient (Wildman–Crippen LogP) is 5.30. The standard InChI is InChI=1S/C26H50O5/c1-2-3-4-5-6-7-8-9-10-11-12-13-14-15-16-17-18-19-20-30-24-22-31-26(25(24)29)23(28)21-27/h11-12,23-29H,2-10,13-22H2,1H3/b12-11+/t23-,24+,25-,26-/m0/s1. The molecule has 0 aromatic carbocycles. The summed E-state index contributed by atoms with van der Waals surface area (Å²) in [5.41, 5.74) is 0.